The smallest absolute Gasteiger partial charge is 0.223 e. The molecule has 2 aromatic rings. The van der Waals surface area contributed by atoms with Crippen LogP contribution in [-0.2, 0) is 17.9 Å². The molecular weight excluding hydrogens is 376 g/mol. The maximum Gasteiger partial charge on any atom is 0.223 e. The van der Waals surface area contributed by atoms with Crippen molar-refractivity contribution < 1.29 is 14.3 Å². The summed E-state index contributed by atoms with van der Waals surface area (Å²) >= 11 is 0. The standard InChI is InChI=1S/C25H34N2O3/c1-18(2)30-23-10-9-20(15-24(23)29-4)16-26-25(28)21-11-13-27(14-12-21)17-22-8-6-5-7-19(22)3/h5-10,15,18,21H,11-14,16-17H2,1-4H3,(H,26,28). The second kappa shape index (κ2) is 10.5. The number of nitrogens with zero attached hydrogens (tertiary/aromatic N) is 1. The summed E-state index contributed by atoms with van der Waals surface area (Å²) in [6, 6.07) is 14.3. The summed E-state index contributed by atoms with van der Waals surface area (Å²) in [7, 11) is 1.63. The Bertz CT molecular complexity index is 842. The first-order chi connectivity index (χ1) is 14.5. The maximum atomic E-state index is 12.7. The minimum atomic E-state index is 0.0844. The van der Waals surface area contributed by atoms with E-state index in [1.165, 1.54) is 11.1 Å². The maximum absolute atomic E-state index is 12.7. The highest BCUT2D eigenvalue weighted by Gasteiger charge is 2.25. The van der Waals surface area contributed by atoms with Crippen LogP contribution in [0.25, 0.3) is 0 Å². The second-order valence-electron chi connectivity index (χ2n) is 8.35. The third kappa shape index (κ3) is 5.99. The first-order valence-electron chi connectivity index (χ1n) is 10.8. The van der Waals surface area contributed by atoms with E-state index in [1.54, 1.807) is 7.11 Å². The first kappa shape index (κ1) is 22.2. The van der Waals surface area contributed by atoms with Crippen molar-refractivity contribution in [3.8, 4) is 11.5 Å². The molecule has 1 N–H and O–H groups in total. The molecule has 162 valence electrons. The summed E-state index contributed by atoms with van der Waals surface area (Å²) in [4.78, 5) is 15.1. The first-order valence-corrected chi connectivity index (χ1v) is 10.8. The van der Waals surface area contributed by atoms with Gasteiger partial charge in [0.05, 0.1) is 13.2 Å². The van der Waals surface area contributed by atoms with Crippen LogP contribution >= 0.6 is 0 Å². The van der Waals surface area contributed by atoms with Crippen LogP contribution in [0.15, 0.2) is 42.5 Å². The van der Waals surface area contributed by atoms with Crippen molar-refractivity contribution in [1.29, 1.82) is 0 Å². The topological polar surface area (TPSA) is 50.8 Å². The van der Waals surface area contributed by atoms with Crippen molar-refractivity contribution in [2.24, 2.45) is 5.92 Å². The average molecular weight is 411 g/mol. The van der Waals surface area contributed by atoms with Crippen LogP contribution in [0, 0.1) is 12.8 Å². The van der Waals surface area contributed by atoms with Crippen molar-refractivity contribution in [3.05, 3.63) is 59.2 Å². The van der Waals surface area contributed by atoms with E-state index >= 15 is 0 Å². The molecule has 0 atom stereocenters. The molecule has 3 rings (SSSR count). The van der Waals surface area contributed by atoms with Crippen LogP contribution in [0.2, 0.25) is 0 Å². The van der Waals surface area contributed by atoms with E-state index in [4.69, 9.17) is 9.47 Å². The molecule has 1 aliphatic heterocycles. The number of carbonyl (C=O) groups is 1. The van der Waals surface area contributed by atoms with E-state index < -0.39 is 0 Å². The van der Waals surface area contributed by atoms with Crippen LogP contribution in [0.4, 0.5) is 0 Å². The van der Waals surface area contributed by atoms with Gasteiger partial charge in [-0.05, 0) is 75.5 Å². The zero-order valence-corrected chi connectivity index (χ0v) is 18.6. The van der Waals surface area contributed by atoms with Crippen LogP contribution < -0.4 is 14.8 Å². The number of nitrogens with one attached hydrogen (secondary N) is 1. The van der Waals surface area contributed by atoms with Gasteiger partial charge >= 0.3 is 0 Å². The van der Waals surface area contributed by atoms with Gasteiger partial charge in [0, 0.05) is 19.0 Å². The number of aryl methyl sites for hydroxylation is 1. The number of benzene rings is 2. The Morgan fingerprint density at radius 1 is 1.13 bits per heavy atom. The van der Waals surface area contributed by atoms with E-state index in [0.29, 0.717) is 12.3 Å². The van der Waals surface area contributed by atoms with Crippen molar-refractivity contribution in [2.45, 2.75) is 52.8 Å². The van der Waals surface area contributed by atoms with Gasteiger partial charge in [0.25, 0.3) is 0 Å². The summed E-state index contributed by atoms with van der Waals surface area (Å²) in [6.45, 7) is 9.51. The van der Waals surface area contributed by atoms with Gasteiger partial charge in [0.1, 0.15) is 0 Å². The van der Waals surface area contributed by atoms with Crippen LogP contribution in [0.1, 0.15) is 43.4 Å². The molecule has 0 bridgehead atoms. The number of hydrogen-bond donors (Lipinski definition) is 1. The van der Waals surface area contributed by atoms with Gasteiger partial charge in [-0.3, -0.25) is 9.69 Å². The molecule has 30 heavy (non-hydrogen) atoms. The average Bonchev–Trinajstić information content (AvgIpc) is 2.74. The summed E-state index contributed by atoms with van der Waals surface area (Å²) in [6.07, 6.45) is 1.89. The Balaban J connectivity index is 1.47. The Labute approximate surface area is 180 Å². The van der Waals surface area contributed by atoms with E-state index in [-0.39, 0.29) is 17.9 Å². The highest BCUT2D eigenvalue weighted by atomic mass is 16.5. The Hall–Kier alpha value is -2.53. The summed E-state index contributed by atoms with van der Waals surface area (Å²) in [5.41, 5.74) is 3.71. The quantitative estimate of drug-likeness (QED) is 0.704. The molecule has 0 radical (unpaired) electrons. The largest absolute Gasteiger partial charge is 0.493 e. The summed E-state index contributed by atoms with van der Waals surface area (Å²) in [5.74, 6) is 1.65. The molecule has 2 aromatic carbocycles. The predicted octanol–water partition coefficient (Wildman–Crippen LogP) is 4.32. The van der Waals surface area contributed by atoms with Crippen LogP contribution in [-0.4, -0.2) is 37.1 Å². The van der Waals surface area contributed by atoms with Gasteiger partial charge in [-0.15, -0.1) is 0 Å². The predicted molar refractivity (Wildman–Crippen MR) is 120 cm³/mol. The molecule has 0 aromatic heterocycles. The molecule has 0 aliphatic carbocycles. The van der Waals surface area contributed by atoms with Gasteiger partial charge < -0.3 is 14.8 Å². The fraction of sp³-hybridized carbons (Fsp3) is 0.480. The molecular formula is C25H34N2O3. The lowest BCUT2D eigenvalue weighted by Gasteiger charge is -2.31. The van der Waals surface area contributed by atoms with Crippen molar-refractivity contribution in [2.75, 3.05) is 20.2 Å². The lowest BCUT2D eigenvalue weighted by molar-refractivity contribution is -0.126. The molecule has 0 spiro atoms. The minimum Gasteiger partial charge on any atom is -0.493 e. The molecule has 1 aliphatic rings. The van der Waals surface area contributed by atoms with Gasteiger partial charge in [0.15, 0.2) is 11.5 Å². The zero-order valence-electron chi connectivity index (χ0n) is 18.6. The highest BCUT2D eigenvalue weighted by Crippen LogP contribution is 2.29. The second-order valence-corrected chi connectivity index (χ2v) is 8.35. The number of ether oxygens (including phenoxy) is 2. The van der Waals surface area contributed by atoms with Crippen molar-refractivity contribution >= 4 is 5.91 Å². The number of likely N-dealkylation sites (tertiary alicyclic amines) is 1. The summed E-state index contributed by atoms with van der Waals surface area (Å²) in [5, 5.41) is 3.10. The van der Waals surface area contributed by atoms with Gasteiger partial charge in [-0.2, -0.15) is 0 Å². The van der Waals surface area contributed by atoms with Crippen LogP contribution in [0.3, 0.4) is 0 Å². The van der Waals surface area contributed by atoms with Crippen LogP contribution in [0.5, 0.6) is 11.5 Å². The van der Waals surface area contributed by atoms with Crippen molar-refractivity contribution in [3.63, 3.8) is 0 Å². The van der Waals surface area contributed by atoms with Gasteiger partial charge in [-0.25, -0.2) is 0 Å². The fourth-order valence-corrected chi connectivity index (χ4v) is 3.89. The molecule has 0 unspecified atom stereocenters. The highest BCUT2D eigenvalue weighted by molar-refractivity contribution is 5.78. The lowest BCUT2D eigenvalue weighted by Crippen LogP contribution is -2.40. The third-order valence-electron chi connectivity index (χ3n) is 5.67. The normalized spacial score (nSPS) is 15.2. The molecule has 1 amide bonds. The lowest BCUT2D eigenvalue weighted by atomic mass is 9.95. The number of methoxy groups -OCH3 is 1. The number of rotatable bonds is 8. The fourth-order valence-electron chi connectivity index (χ4n) is 3.89. The molecule has 1 heterocycles. The van der Waals surface area contributed by atoms with E-state index in [1.807, 2.05) is 32.0 Å². The Morgan fingerprint density at radius 3 is 2.53 bits per heavy atom. The molecule has 5 nitrogen and oxygen atoms in total. The molecule has 0 saturated carbocycles. The number of carbonyl (C=O) groups excluding carboxylic acids is 1. The van der Waals surface area contributed by atoms with E-state index in [9.17, 15) is 4.79 Å². The van der Waals surface area contributed by atoms with E-state index in [0.717, 1.165) is 43.8 Å². The summed E-state index contributed by atoms with van der Waals surface area (Å²) < 4.78 is 11.2. The number of amides is 1. The Kier molecular flexibility index (Phi) is 7.75. The Morgan fingerprint density at radius 2 is 1.87 bits per heavy atom. The molecule has 1 fully saturated rings. The van der Waals surface area contributed by atoms with Crippen molar-refractivity contribution in [1.82, 2.24) is 10.2 Å². The number of piperidine rings is 1. The third-order valence-corrected chi connectivity index (χ3v) is 5.67. The van der Waals surface area contributed by atoms with Gasteiger partial charge in [0.2, 0.25) is 5.91 Å². The zero-order chi connectivity index (χ0) is 21.5. The number of hydrogen-bond acceptors (Lipinski definition) is 4. The monoisotopic (exact) mass is 410 g/mol. The van der Waals surface area contributed by atoms with E-state index in [2.05, 4.69) is 41.4 Å². The van der Waals surface area contributed by atoms with Gasteiger partial charge in [-0.1, -0.05) is 30.3 Å². The molecule has 1 saturated heterocycles. The SMILES string of the molecule is COc1cc(CNC(=O)C2CCN(Cc3ccccc3C)CC2)ccc1OC(C)C. The molecule has 5 heteroatoms. The minimum absolute atomic E-state index is 0.0844.